The normalized spacial score (nSPS) is 15.6. The maximum absolute atomic E-state index is 12.8. The van der Waals surface area contributed by atoms with Gasteiger partial charge in [0.25, 0.3) is 5.91 Å². The molecule has 26 heavy (non-hydrogen) atoms. The van der Waals surface area contributed by atoms with Gasteiger partial charge in [-0.05, 0) is 35.9 Å². The molecule has 0 aromatic heterocycles. The zero-order valence-corrected chi connectivity index (χ0v) is 17.2. The Hall–Kier alpha value is -1.83. The molecule has 4 nitrogen and oxygen atoms in total. The third kappa shape index (κ3) is 4.11. The van der Waals surface area contributed by atoms with Gasteiger partial charge >= 0.3 is 0 Å². The lowest BCUT2D eigenvalue weighted by molar-refractivity contribution is -0.113. The van der Waals surface area contributed by atoms with E-state index in [-0.39, 0.29) is 5.91 Å². The number of thioether (sulfide) groups is 1. The van der Waals surface area contributed by atoms with Gasteiger partial charge < -0.3 is 9.47 Å². The summed E-state index contributed by atoms with van der Waals surface area (Å²) in [5.41, 5.74) is 1.62. The molecule has 0 aliphatic carbocycles. The number of hydrogen-bond donors (Lipinski definition) is 0. The van der Waals surface area contributed by atoms with Gasteiger partial charge in [0.15, 0.2) is 15.8 Å². The van der Waals surface area contributed by atoms with Crippen LogP contribution in [0.4, 0.5) is 5.69 Å². The SMILES string of the molecule is COc1cc(C=C2SC(=S)N(c3ccccc3)C2=O)ccc1OCCBr. The van der Waals surface area contributed by atoms with E-state index in [0.29, 0.717) is 27.3 Å². The lowest BCUT2D eigenvalue weighted by Crippen LogP contribution is -2.27. The predicted molar refractivity (Wildman–Crippen MR) is 114 cm³/mol. The van der Waals surface area contributed by atoms with Crippen LogP contribution in [0.5, 0.6) is 11.5 Å². The van der Waals surface area contributed by atoms with E-state index in [1.807, 2.05) is 54.6 Å². The Morgan fingerprint density at radius 3 is 2.65 bits per heavy atom. The quantitative estimate of drug-likeness (QED) is 0.357. The molecule has 134 valence electrons. The monoisotopic (exact) mass is 449 g/mol. The first-order valence-electron chi connectivity index (χ1n) is 7.84. The van der Waals surface area contributed by atoms with Crippen molar-refractivity contribution in [2.75, 3.05) is 23.9 Å². The number of para-hydroxylation sites is 1. The van der Waals surface area contributed by atoms with Gasteiger partial charge in [0.05, 0.1) is 24.3 Å². The zero-order valence-electron chi connectivity index (χ0n) is 14.0. The molecule has 0 unspecified atom stereocenters. The minimum atomic E-state index is -0.121. The van der Waals surface area contributed by atoms with Crippen molar-refractivity contribution < 1.29 is 14.3 Å². The summed E-state index contributed by atoms with van der Waals surface area (Å²) in [6.45, 7) is 0.547. The van der Waals surface area contributed by atoms with Crippen LogP contribution >= 0.6 is 39.9 Å². The van der Waals surface area contributed by atoms with Crippen LogP contribution in [0.15, 0.2) is 53.4 Å². The second-order valence-corrected chi connectivity index (χ2v) is 7.77. The number of thiocarbonyl (C=S) groups is 1. The van der Waals surface area contributed by atoms with Gasteiger partial charge in [0.1, 0.15) is 0 Å². The van der Waals surface area contributed by atoms with E-state index in [0.717, 1.165) is 16.6 Å². The highest BCUT2D eigenvalue weighted by atomic mass is 79.9. The summed E-state index contributed by atoms with van der Waals surface area (Å²) in [4.78, 5) is 14.9. The second kappa shape index (κ2) is 8.70. The number of rotatable bonds is 6. The Kier molecular flexibility index (Phi) is 6.34. The molecule has 0 atom stereocenters. The minimum absolute atomic E-state index is 0.121. The summed E-state index contributed by atoms with van der Waals surface area (Å²) < 4.78 is 11.5. The number of nitrogens with zero attached hydrogens (tertiary/aromatic N) is 1. The number of ether oxygens (including phenoxy) is 2. The van der Waals surface area contributed by atoms with Crippen molar-refractivity contribution >= 4 is 61.9 Å². The van der Waals surface area contributed by atoms with Gasteiger partial charge in [-0.25, -0.2) is 0 Å². The lowest BCUT2D eigenvalue weighted by Gasteiger charge is -2.13. The molecular formula is C19H16BrNO3S2. The van der Waals surface area contributed by atoms with Crippen molar-refractivity contribution in [3.63, 3.8) is 0 Å². The van der Waals surface area contributed by atoms with Gasteiger partial charge in [-0.2, -0.15) is 0 Å². The molecule has 3 rings (SSSR count). The first-order chi connectivity index (χ1) is 12.6. The Morgan fingerprint density at radius 2 is 1.96 bits per heavy atom. The van der Waals surface area contributed by atoms with E-state index in [1.54, 1.807) is 12.0 Å². The molecular weight excluding hydrogens is 434 g/mol. The van der Waals surface area contributed by atoms with Crippen molar-refractivity contribution in [3.8, 4) is 11.5 Å². The molecule has 7 heteroatoms. The molecule has 1 amide bonds. The molecule has 1 fully saturated rings. The van der Waals surface area contributed by atoms with Crippen molar-refractivity contribution in [2.24, 2.45) is 0 Å². The fourth-order valence-electron chi connectivity index (χ4n) is 2.46. The molecule has 0 saturated carbocycles. The van der Waals surface area contributed by atoms with Crippen LogP contribution in [0, 0.1) is 0 Å². The summed E-state index contributed by atoms with van der Waals surface area (Å²) in [7, 11) is 1.59. The van der Waals surface area contributed by atoms with E-state index in [2.05, 4.69) is 15.9 Å². The number of benzene rings is 2. The highest BCUT2D eigenvalue weighted by Crippen LogP contribution is 2.37. The summed E-state index contributed by atoms with van der Waals surface area (Å²) >= 11 is 10.0. The lowest BCUT2D eigenvalue weighted by atomic mass is 10.2. The molecule has 0 N–H and O–H groups in total. The number of carbonyl (C=O) groups is 1. The summed E-state index contributed by atoms with van der Waals surface area (Å²) in [6.07, 6.45) is 1.82. The van der Waals surface area contributed by atoms with E-state index >= 15 is 0 Å². The number of carbonyl (C=O) groups excluding carboxylic acids is 1. The summed E-state index contributed by atoms with van der Waals surface area (Å²) in [5, 5.41) is 0.736. The highest BCUT2D eigenvalue weighted by Gasteiger charge is 2.33. The van der Waals surface area contributed by atoms with Crippen LogP contribution in [-0.2, 0) is 4.79 Å². The Labute approximate surface area is 170 Å². The van der Waals surface area contributed by atoms with Gasteiger partial charge in [0.2, 0.25) is 0 Å². The molecule has 1 saturated heterocycles. The Balaban J connectivity index is 1.86. The van der Waals surface area contributed by atoms with E-state index < -0.39 is 0 Å². The topological polar surface area (TPSA) is 38.8 Å². The van der Waals surface area contributed by atoms with Crippen molar-refractivity contribution in [2.45, 2.75) is 0 Å². The van der Waals surface area contributed by atoms with Crippen molar-refractivity contribution in [1.29, 1.82) is 0 Å². The number of halogens is 1. The average Bonchev–Trinajstić information content (AvgIpc) is 2.94. The van der Waals surface area contributed by atoms with Crippen molar-refractivity contribution in [1.82, 2.24) is 0 Å². The van der Waals surface area contributed by atoms with E-state index in [4.69, 9.17) is 21.7 Å². The number of hydrogen-bond acceptors (Lipinski definition) is 5. The van der Waals surface area contributed by atoms with Crippen LogP contribution < -0.4 is 14.4 Å². The van der Waals surface area contributed by atoms with Gasteiger partial charge in [-0.1, -0.05) is 64.2 Å². The summed E-state index contributed by atoms with van der Waals surface area (Å²) in [5.74, 6) is 1.17. The molecule has 2 aromatic carbocycles. The van der Waals surface area contributed by atoms with Crippen LogP contribution in [0.1, 0.15) is 5.56 Å². The number of alkyl halides is 1. The first-order valence-corrected chi connectivity index (χ1v) is 10.2. The van der Waals surface area contributed by atoms with Crippen molar-refractivity contribution in [3.05, 3.63) is 59.0 Å². The third-order valence-corrected chi connectivity index (χ3v) is 5.25. The molecule has 0 bridgehead atoms. The zero-order chi connectivity index (χ0) is 18.5. The standard InChI is InChI=1S/C19H16BrNO3S2/c1-23-16-11-13(7-8-15(16)24-10-9-20)12-17-18(22)21(19(25)26-17)14-5-3-2-4-6-14/h2-8,11-12H,9-10H2,1H3. The Morgan fingerprint density at radius 1 is 1.19 bits per heavy atom. The van der Waals surface area contributed by atoms with Crippen LogP contribution in [0.2, 0.25) is 0 Å². The Bertz CT molecular complexity index is 855. The molecule has 1 aliphatic rings. The summed E-state index contributed by atoms with van der Waals surface area (Å²) in [6, 6.07) is 15.0. The highest BCUT2D eigenvalue weighted by molar-refractivity contribution is 9.09. The van der Waals surface area contributed by atoms with Gasteiger partial charge in [-0.3, -0.25) is 9.69 Å². The van der Waals surface area contributed by atoms with E-state index in [9.17, 15) is 4.79 Å². The maximum atomic E-state index is 12.8. The minimum Gasteiger partial charge on any atom is -0.493 e. The average molecular weight is 450 g/mol. The van der Waals surface area contributed by atoms with Crippen LogP contribution in [0.25, 0.3) is 6.08 Å². The number of methoxy groups -OCH3 is 1. The molecule has 0 radical (unpaired) electrons. The first kappa shape index (κ1) is 18.9. The number of amides is 1. The van der Waals surface area contributed by atoms with Crippen LogP contribution in [-0.4, -0.2) is 29.3 Å². The van der Waals surface area contributed by atoms with Gasteiger partial charge in [-0.15, -0.1) is 0 Å². The number of anilines is 1. The largest absolute Gasteiger partial charge is 0.493 e. The fraction of sp³-hybridized carbons (Fsp3) is 0.158. The molecule has 1 aliphatic heterocycles. The second-order valence-electron chi connectivity index (χ2n) is 5.30. The molecule has 2 aromatic rings. The predicted octanol–water partition coefficient (Wildman–Crippen LogP) is 4.87. The maximum Gasteiger partial charge on any atom is 0.270 e. The molecule has 0 spiro atoms. The molecule has 1 heterocycles. The smallest absolute Gasteiger partial charge is 0.270 e. The van der Waals surface area contributed by atoms with Crippen LogP contribution in [0.3, 0.4) is 0 Å². The van der Waals surface area contributed by atoms with E-state index in [1.165, 1.54) is 11.8 Å². The third-order valence-electron chi connectivity index (χ3n) is 3.63. The van der Waals surface area contributed by atoms with Gasteiger partial charge in [0, 0.05) is 5.33 Å². The fourth-order valence-corrected chi connectivity index (χ4v) is 3.92.